The van der Waals surface area contributed by atoms with Crippen molar-refractivity contribution in [1.29, 1.82) is 0 Å². The lowest BCUT2D eigenvalue weighted by Crippen LogP contribution is -2.25. The summed E-state index contributed by atoms with van der Waals surface area (Å²) in [5, 5.41) is 1.05. The van der Waals surface area contributed by atoms with Gasteiger partial charge in [-0.15, -0.1) is 0 Å². The first-order valence-corrected chi connectivity index (χ1v) is 11.9. The Morgan fingerprint density at radius 2 is 1.42 bits per heavy atom. The number of nitrogens with zero attached hydrogens (tertiary/aromatic N) is 5. The number of ether oxygens (including phenoxy) is 1. The van der Waals surface area contributed by atoms with Crippen LogP contribution in [0.5, 0.6) is 5.75 Å². The molecule has 0 aliphatic heterocycles. The first-order chi connectivity index (χ1) is 17.5. The van der Waals surface area contributed by atoms with Crippen molar-refractivity contribution in [3.05, 3.63) is 105 Å². The van der Waals surface area contributed by atoms with E-state index in [1.807, 2.05) is 84.3 Å². The highest BCUT2D eigenvalue weighted by Crippen LogP contribution is 2.28. The summed E-state index contributed by atoms with van der Waals surface area (Å²) in [6.45, 7) is 2.57. The molecule has 3 aromatic heterocycles. The second kappa shape index (κ2) is 8.77. The van der Waals surface area contributed by atoms with Gasteiger partial charge in [0.25, 0.3) is 5.56 Å². The molecule has 36 heavy (non-hydrogen) atoms. The molecule has 0 aliphatic carbocycles. The number of methoxy groups -OCH3 is 1. The van der Waals surface area contributed by atoms with Gasteiger partial charge in [-0.3, -0.25) is 9.36 Å². The lowest BCUT2D eigenvalue weighted by atomic mass is 10.2. The molecule has 7 nitrogen and oxygen atoms in total. The molecule has 178 valence electrons. The molecule has 0 radical (unpaired) electrons. The van der Waals surface area contributed by atoms with Crippen molar-refractivity contribution in [2.24, 2.45) is 0 Å². The van der Waals surface area contributed by atoms with Crippen LogP contribution in [0.2, 0.25) is 5.02 Å². The van der Waals surface area contributed by atoms with Crippen molar-refractivity contribution < 1.29 is 4.74 Å². The normalized spacial score (nSPS) is 11.5. The monoisotopic (exact) mass is 495 g/mol. The minimum absolute atomic E-state index is 0.175. The van der Waals surface area contributed by atoms with Crippen molar-refractivity contribution in [2.75, 3.05) is 7.11 Å². The van der Waals surface area contributed by atoms with Crippen LogP contribution in [0, 0.1) is 6.92 Å². The Morgan fingerprint density at radius 1 is 0.778 bits per heavy atom. The van der Waals surface area contributed by atoms with Crippen LogP contribution < -0.4 is 10.3 Å². The van der Waals surface area contributed by atoms with E-state index < -0.39 is 0 Å². The van der Waals surface area contributed by atoms with Gasteiger partial charge in [0.15, 0.2) is 11.3 Å². The van der Waals surface area contributed by atoms with Gasteiger partial charge in [0.05, 0.1) is 31.2 Å². The molecule has 3 aromatic carbocycles. The van der Waals surface area contributed by atoms with Crippen molar-refractivity contribution in [2.45, 2.75) is 20.0 Å². The quantitative estimate of drug-likeness (QED) is 0.322. The van der Waals surface area contributed by atoms with Crippen LogP contribution >= 0.6 is 11.6 Å². The Hall–Kier alpha value is -4.23. The summed E-state index contributed by atoms with van der Waals surface area (Å²) in [4.78, 5) is 28.7. The predicted molar refractivity (Wildman–Crippen MR) is 142 cm³/mol. The van der Waals surface area contributed by atoms with Gasteiger partial charge in [-0.2, -0.15) is 0 Å². The fourth-order valence-corrected chi connectivity index (χ4v) is 4.83. The minimum Gasteiger partial charge on any atom is -0.496 e. The van der Waals surface area contributed by atoms with Gasteiger partial charge in [-0.25, -0.2) is 15.0 Å². The van der Waals surface area contributed by atoms with E-state index in [1.165, 1.54) is 0 Å². The zero-order valence-corrected chi connectivity index (χ0v) is 20.5. The lowest BCUT2D eigenvalue weighted by Gasteiger charge is -2.13. The summed E-state index contributed by atoms with van der Waals surface area (Å²) in [5.41, 5.74) is 4.78. The SMILES string of the molecule is COc1ccccc1Cn1c2nc3ccccc3nc2c2c(=O)n(Cc3ccccc3Cl)c(C)nc21. The van der Waals surface area contributed by atoms with E-state index in [2.05, 4.69) is 0 Å². The molecular formula is C28H22ClN5O2. The predicted octanol–water partition coefficient (Wildman–Crippen LogP) is 5.36. The summed E-state index contributed by atoms with van der Waals surface area (Å²) < 4.78 is 9.19. The van der Waals surface area contributed by atoms with E-state index in [9.17, 15) is 4.79 Å². The smallest absolute Gasteiger partial charge is 0.265 e. The Kier molecular flexibility index (Phi) is 5.42. The number of halogens is 1. The molecule has 0 spiro atoms. The summed E-state index contributed by atoms with van der Waals surface area (Å²) in [7, 11) is 1.65. The van der Waals surface area contributed by atoms with E-state index >= 15 is 0 Å². The Balaban J connectivity index is 1.66. The highest BCUT2D eigenvalue weighted by Gasteiger charge is 2.22. The summed E-state index contributed by atoms with van der Waals surface area (Å²) in [5.74, 6) is 1.34. The molecule has 0 N–H and O–H groups in total. The summed E-state index contributed by atoms with van der Waals surface area (Å²) >= 11 is 6.41. The molecule has 8 heteroatoms. The minimum atomic E-state index is -0.175. The van der Waals surface area contributed by atoms with Crippen molar-refractivity contribution >= 4 is 44.8 Å². The van der Waals surface area contributed by atoms with Crippen LogP contribution in [-0.2, 0) is 13.1 Å². The van der Waals surface area contributed by atoms with Gasteiger partial charge in [-0.05, 0) is 36.8 Å². The third kappa shape index (κ3) is 3.60. The first-order valence-electron chi connectivity index (χ1n) is 11.6. The number of hydrogen-bond donors (Lipinski definition) is 0. The fraction of sp³-hybridized carbons (Fsp3) is 0.143. The van der Waals surface area contributed by atoms with Gasteiger partial charge in [0, 0.05) is 10.6 Å². The third-order valence-electron chi connectivity index (χ3n) is 6.45. The average Bonchev–Trinajstić information content (AvgIpc) is 3.18. The van der Waals surface area contributed by atoms with Crippen LogP contribution in [-0.4, -0.2) is 31.2 Å². The highest BCUT2D eigenvalue weighted by molar-refractivity contribution is 6.31. The first kappa shape index (κ1) is 22.2. The molecule has 0 amide bonds. The number of benzene rings is 3. The van der Waals surface area contributed by atoms with Gasteiger partial charge < -0.3 is 9.30 Å². The van der Waals surface area contributed by atoms with Crippen LogP contribution in [0.1, 0.15) is 17.0 Å². The maximum atomic E-state index is 14.0. The number of aryl methyl sites for hydroxylation is 1. The van der Waals surface area contributed by atoms with Crippen LogP contribution in [0.4, 0.5) is 0 Å². The number of aromatic nitrogens is 5. The summed E-state index contributed by atoms with van der Waals surface area (Å²) in [6.07, 6.45) is 0. The number of rotatable bonds is 5. The lowest BCUT2D eigenvalue weighted by molar-refractivity contribution is 0.409. The highest BCUT2D eigenvalue weighted by atomic mass is 35.5. The van der Waals surface area contributed by atoms with Crippen LogP contribution in [0.15, 0.2) is 77.6 Å². The molecule has 0 bridgehead atoms. The van der Waals surface area contributed by atoms with Gasteiger partial charge >= 0.3 is 0 Å². The molecule has 0 aliphatic rings. The zero-order valence-electron chi connectivity index (χ0n) is 19.8. The standard InChI is InChI=1S/C28H22ClN5O2/c1-17-30-26-24(28(35)33(17)15-18-9-3-5-11-20(18)29)25-27(32-22-13-7-6-12-21(22)31-25)34(26)16-19-10-4-8-14-23(19)36-2/h3-14H,15-16H2,1-2H3. The molecule has 6 rings (SSSR count). The molecule has 0 unspecified atom stereocenters. The molecule has 0 saturated carbocycles. The maximum Gasteiger partial charge on any atom is 0.265 e. The van der Waals surface area contributed by atoms with Crippen molar-refractivity contribution in [3.8, 4) is 5.75 Å². The Morgan fingerprint density at radius 3 is 2.17 bits per heavy atom. The third-order valence-corrected chi connectivity index (χ3v) is 6.82. The van der Waals surface area contributed by atoms with Gasteiger partial charge in [-0.1, -0.05) is 60.1 Å². The molecule has 0 atom stereocenters. The Bertz CT molecular complexity index is 1840. The van der Waals surface area contributed by atoms with E-state index in [0.717, 1.165) is 27.9 Å². The van der Waals surface area contributed by atoms with E-state index in [-0.39, 0.29) is 5.56 Å². The van der Waals surface area contributed by atoms with E-state index in [1.54, 1.807) is 11.7 Å². The van der Waals surface area contributed by atoms with Crippen molar-refractivity contribution in [1.82, 2.24) is 24.1 Å². The molecular weight excluding hydrogens is 474 g/mol. The molecule has 0 saturated heterocycles. The van der Waals surface area contributed by atoms with Crippen LogP contribution in [0.25, 0.3) is 33.2 Å². The number of fused-ring (bicyclic) bond motifs is 4. The van der Waals surface area contributed by atoms with E-state index in [4.69, 9.17) is 31.3 Å². The average molecular weight is 496 g/mol. The van der Waals surface area contributed by atoms with Gasteiger partial charge in [0.2, 0.25) is 0 Å². The second-order valence-electron chi connectivity index (χ2n) is 8.62. The van der Waals surface area contributed by atoms with Crippen molar-refractivity contribution in [3.63, 3.8) is 0 Å². The number of para-hydroxylation sites is 3. The fourth-order valence-electron chi connectivity index (χ4n) is 4.63. The second-order valence-corrected chi connectivity index (χ2v) is 9.03. The number of hydrogen-bond acceptors (Lipinski definition) is 5. The van der Waals surface area contributed by atoms with Crippen LogP contribution in [0.3, 0.4) is 0 Å². The maximum absolute atomic E-state index is 14.0. The van der Waals surface area contributed by atoms with Gasteiger partial charge in [0.1, 0.15) is 22.5 Å². The Labute approximate surface area is 211 Å². The molecule has 6 aromatic rings. The molecule has 0 fully saturated rings. The summed E-state index contributed by atoms with van der Waals surface area (Å²) in [6, 6.07) is 23.0. The van der Waals surface area contributed by atoms with E-state index in [0.29, 0.717) is 46.1 Å². The molecule has 3 heterocycles. The zero-order chi connectivity index (χ0) is 24.8. The topological polar surface area (TPSA) is 74.8 Å². The largest absolute Gasteiger partial charge is 0.496 e.